The molecule has 166 valence electrons. The fourth-order valence-corrected chi connectivity index (χ4v) is 3.61. The smallest absolute Gasteiger partial charge is 0.475 e. The summed E-state index contributed by atoms with van der Waals surface area (Å²) in [5.41, 5.74) is 5.89. The number of carbonyl (C=O) groups is 1. The van der Waals surface area contributed by atoms with Gasteiger partial charge in [-0.3, -0.25) is 0 Å². The number of hydrogen-bond donors (Lipinski definition) is 2. The largest absolute Gasteiger partial charge is 0.490 e. The van der Waals surface area contributed by atoms with Crippen LogP contribution in [0.15, 0.2) is 4.42 Å². The average molecular weight is 431 g/mol. The zero-order valence-electron chi connectivity index (χ0n) is 15.5. The third-order valence-electron chi connectivity index (χ3n) is 5.36. The summed E-state index contributed by atoms with van der Waals surface area (Å²) >= 11 is 0. The molecule has 6 nitrogen and oxygen atoms in total. The fourth-order valence-electron chi connectivity index (χ4n) is 3.61. The van der Waals surface area contributed by atoms with Crippen molar-refractivity contribution in [3.63, 3.8) is 0 Å². The monoisotopic (exact) mass is 431 g/mol. The first kappa shape index (κ1) is 23.4. The lowest BCUT2D eigenvalue weighted by Crippen LogP contribution is -2.27. The van der Waals surface area contributed by atoms with Gasteiger partial charge in [-0.2, -0.15) is 26.3 Å². The summed E-state index contributed by atoms with van der Waals surface area (Å²) in [4.78, 5) is 8.90. The second kappa shape index (κ2) is 9.31. The number of nitrogens with zero attached hydrogens (tertiary/aromatic N) is 2. The molecule has 3 N–H and O–H groups in total. The summed E-state index contributed by atoms with van der Waals surface area (Å²) in [6.07, 6.45) is -4.09. The molecule has 2 aliphatic rings. The normalized spacial score (nSPS) is 28.4. The van der Waals surface area contributed by atoms with E-state index in [1.54, 1.807) is 0 Å². The summed E-state index contributed by atoms with van der Waals surface area (Å²) in [6.45, 7) is 0. The van der Waals surface area contributed by atoms with Crippen LogP contribution in [0.3, 0.4) is 0 Å². The van der Waals surface area contributed by atoms with Crippen LogP contribution in [0.4, 0.5) is 26.3 Å². The first-order valence-corrected chi connectivity index (χ1v) is 9.33. The van der Waals surface area contributed by atoms with Gasteiger partial charge in [-0.15, -0.1) is 10.2 Å². The molecule has 0 atom stereocenters. The Morgan fingerprint density at radius 3 is 1.59 bits per heavy atom. The molecule has 2 fully saturated rings. The van der Waals surface area contributed by atoms with E-state index < -0.39 is 24.2 Å². The Morgan fingerprint density at radius 2 is 1.24 bits per heavy atom. The van der Waals surface area contributed by atoms with Crippen LogP contribution in [0.2, 0.25) is 0 Å². The maximum absolute atomic E-state index is 12.7. The third kappa shape index (κ3) is 6.86. The van der Waals surface area contributed by atoms with Gasteiger partial charge in [-0.1, -0.05) is 0 Å². The van der Waals surface area contributed by atoms with E-state index in [1.165, 1.54) is 0 Å². The molecular formula is C17H23F6N3O3. The van der Waals surface area contributed by atoms with Gasteiger partial charge >= 0.3 is 18.3 Å². The van der Waals surface area contributed by atoms with Crippen molar-refractivity contribution in [2.45, 2.75) is 81.6 Å². The molecule has 12 heteroatoms. The molecule has 1 heterocycles. The van der Waals surface area contributed by atoms with Crippen LogP contribution in [0.25, 0.3) is 0 Å². The van der Waals surface area contributed by atoms with Gasteiger partial charge in [0, 0.05) is 17.9 Å². The first-order chi connectivity index (χ1) is 13.4. The quantitative estimate of drug-likeness (QED) is 0.668. The number of carboxylic acid groups (broad SMARTS) is 1. The van der Waals surface area contributed by atoms with E-state index in [0.29, 0.717) is 24.6 Å². The molecule has 3 rings (SSSR count). The Morgan fingerprint density at radius 1 is 0.862 bits per heavy atom. The number of hydrogen-bond acceptors (Lipinski definition) is 5. The molecule has 0 bridgehead atoms. The van der Waals surface area contributed by atoms with Crippen LogP contribution < -0.4 is 5.73 Å². The molecule has 0 spiro atoms. The van der Waals surface area contributed by atoms with Gasteiger partial charge in [0.1, 0.15) is 0 Å². The van der Waals surface area contributed by atoms with Crippen molar-refractivity contribution in [2.24, 2.45) is 11.7 Å². The van der Waals surface area contributed by atoms with Crippen LogP contribution in [0.5, 0.6) is 0 Å². The molecule has 0 saturated heterocycles. The van der Waals surface area contributed by atoms with Crippen LogP contribution in [-0.2, 0) is 4.79 Å². The number of halogens is 6. The Bertz CT molecular complexity index is 660. The van der Waals surface area contributed by atoms with E-state index in [4.69, 9.17) is 20.1 Å². The van der Waals surface area contributed by atoms with Gasteiger partial charge in [-0.25, -0.2) is 4.79 Å². The van der Waals surface area contributed by atoms with Crippen LogP contribution in [0.1, 0.15) is 75.0 Å². The Labute approximate surface area is 162 Å². The average Bonchev–Trinajstić information content (AvgIpc) is 3.11. The molecule has 2 aliphatic carbocycles. The lowest BCUT2D eigenvalue weighted by molar-refractivity contribution is -0.192. The lowest BCUT2D eigenvalue weighted by atomic mass is 9.81. The molecule has 29 heavy (non-hydrogen) atoms. The van der Waals surface area contributed by atoms with Gasteiger partial charge in [0.15, 0.2) is 0 Å². The molecule has 2 saturated carbocycles. The van der Waals surface area contributed by atoms with Gasteiger partial charge in [0.05, 0.1) is 5.92 Å². The van der Waals surface area contributed by atoms with Crippen molar-refractivity contribution in [3.8, 4) is 0 Å². The molecule has 0 aromatic carbocycles. The number of aliphatic carboxylic acids is 1. The predicted octanol–water partition coefficient (Wildman–Crippen LogP) is 4.52. The maximum Gasteiger partial charge on any atom is 0.490 e. The van der Waals surface area contributed by atoms with Gasteiger partial charge in [0.2, 0.25) is 11.8 Å². The number of rotatable bonds is 2. The second-order valence-electron chi connectivity index (χ2n) is 7.48. The number of carboxylic acids is 1. The Balaban J connectivity index is 0.000000370. The highest BCUT2D eigenvalue weighted by Crippen LogP contribution is 2.43. The molecular weight excluding hydrogens is 408 g/mol. The predicted molar refractivity (Wildman–Crippen MR) is 87.9 cm³/mol. The van der Waals surface area contributed by atoms with Crippen LogP contribution in [0, 0.1) is 5.92 Å². The number of aromatic nitrogens is 2. The fraction of sp³-hybridized carbons (Fsp3) is 0.824. The third-order valence-corrected chi connectivity index (χ3v) is 5.36. The summed E-state index contributed by atoms with van der Waals surface area (Å²) in [5.74, 6) is -2.54. The lowest BCUT2D eigenvalue weighted by Gasteiger charge is -2.28. The minimum absolute atomic E-state index is 0.0225. The minimum atomic E-state index is -5.08. The van der Waals surface area contributed by atoms with E-state index in [-0.39, 0.29) is 30.7 Å². The zero-order valence-corrected chi connectivity index (χ0v) is 15.5. The Kier molecular flexibility index (Phi) is 7.52. The molecule has 1 aromatic heterocycles. The highest BCUT2D eigenvalue weighted by atomic mass is 19.4. The molecule has 0 amide bonds. The van der Waals surface area contributed by atoms with E-state index in [1.807, 2.05) is 0 Å². The molecule has 0 unspecified atom stereocenters. The maximum atomic E-state index is 12.7. The minimum Gasteiger partial charge on any atom is -0.475 e. The highest BCUT2D eigenvalue weighted by Gasteiger charge is 2.42. The summed E-state index contributed by atoms with van der Waals surface area (Å²) in [6, 6.07) is 0.260. The SMILES string of the molecule is N[C@H]1CC[C@H](c2nnc(C3CCC(C(F)(F)F)CC3)o2)CC1.O=C(O)C(F)(F)F. The van der Waals surface area contributed by atoms with Gasteiger partial charge < -0.3 is 15.3 Å². The van der Waals surface area contributed by atoms with Crippen LogP contribution in [-0.4, -0.2) is 39.7 Å². The van der Waals surface area contributed by atoms with E-state index in [0.717, 1.165) is 25.7 Å². The number of alkyl halides is 6. The van der Waals surface area contributed by atoms with Crippen molar-refractivity contribution >= 4 is 5.97 Å². The van der Waals surface area contributed by atoms with E-state index >= 15 is 0 Å². The zero-order chi connectivity index (χ0) is 21.8. The van der Waals surface area contributed by atoms with Gasteiger partial charge in [-0.05, 0) is 51.4 Å². The van der Waals surface area contributed by atoms with Crippen molar-refractivity contribution < 1.29 is 40.7 Å². The second-order valence-corrected chi connectivity index (χ2v) is 7.48. The van der Waals surface area contributed by atoms with Crippen molar-refractivity contribution in [3.05, 3.63) is 11.8 Å². The molecule has 0 radical (unpaired) electrons. The highest BCUT2D eigenvalue weighted by molar-refractivity contribution is 5.73. The molecule has 1 aromatic rings. The first-order valence-electron chi connectivity index (χ1n) is 9.33. The standard InChI is InChI=1S/C15H22F3N3O.C2HF3O2/c16-15(17,18)11-5-1-9(2-6-11)13-20-21-14(22-13)10-3-7-12(19)8-4-10;3-2(4,5)1(6)7/h9-12H,1-8,19H2;(H,6,7)/t9?,10-,11?,12-;. The van der Waals surface area contributed by atoms with Gasteiger partial charge in [0.25, 0.3) is 0 Å². The topological polar surface area (TPSA) is 102 Å². The summed E-state index contributed by atoms with van der Waals surface area (Å²) in [7, 11) is 0. The number of nitrogens with two attached hydrogens (primary N) is 1. The Hall–Kier alpha value is -1.85. The molecule has 0 aliphatic heterocycles. The van der Waals surface area contributed by atoms with Crippen LogP contribution >= 0.6 is 0 Å². The summed E-state index contributed by atoms with van der Waals surface area (Å²) in [5, 5.41) is 15.3. The van der Waals surface area contributed by atoms with E-state index in [9.17, 15) is 26.3 Å². The van der Waals surface area contributed by atoms with Crippen molar-refractivity contribution in [2.75, 3.05) is 0 Å². The van der Waals surface area contributed by atoms with E-state index in [2.05, 4.69) is 10.2 Å². The van der Waals surface area contributed by atoms with Crippen molar-refractivity contribution in [1.82, 2.24) is 10.2 Å². The summed E-state index contributed by atoms with van der Waals surface area (Å²) < 4.78 is 75.6. The van der Waals surface area contributed by atoms with Crippen molar-refractivity contribution in [1.29, 1.82) is 0 Å².